The number of phosphoric ester groups is 1. The van der Waals surface area contributed by atoms with E-state index >= 15 is 0 Å². The van der Waals surface area contributed by atoms with Gasteiger partial charge in [-0.05, 0) is 12.8 Å². The molecule has 8 nitrogen and oxygen atoms in total. The van der Waals surface area contributed by atoms with Gasteiger partial charge in [-0.2, -0.15) is 0 Å². The van der Waals surface area contributed by atoms with Crippen LogP contribution in [-0.2, 0) is 18.4 Å². The molecular weight excluding hydrogens is 972 g/mol. The number of likely N-dealkylation sites (N-methyl/N-ethyl adjacent to an activating group) is 1. The number of hydrogen-bond donors (Lipinski definition) is 2. The minimum Gasteiger partial charge on any atom is -0.756 e. The molecule has 0 aromatic carbocycles. The predicted molar refractivity (Wildman–Crippen MR) is 335 cm³/mol. The highest BCUT2D eigenvalue weighted by Gasteiger charge is 2.24. The van der Waals surface area contributed by atoms with Crippen LogP contribution in [0, 0.1) is 0 Å². The van der Waals surface area contributed by atoms with Crippen molar-refractivity contribution < 1.29 is 32.9 Å². The Morgan fingerprint density at radius 3 is 0.883 bits per heavy atom. The van der Waals surface area contributed by atoms with Gasteiger partial charge in [0.25, 0.3) is 7.82 Å². The fourth-order valence-corrected chi connectivity index (χ4v) is 11.9. The molecule has 3 unspecified atom stereocenters. The lowest BCUT2D eigenvalue weighted by molar-refractivity contribution is -0.870. The van der Waals surface area contributed by atoms with Gasteiger partial charge >= 0.3 is 0 Å². The Balaban J connectivity index is 3.80. The van der Waals surface area contributed by atoms with Crippen molar-refractivity contribution >= 4 is 13.7 Å². The van der Waals surface area contributed by atoms with Gasteiger partial charge in [-0.25, -0.2) is 0 Å². The lowest BCUT2D eigenvalue weighted by atomic mass is 10.0. The number of amides is 1. The normalized spacial score (nSPS) is 13.6. The summed E-state index contributed by atoms with van der Waals surface area (Å²) >= 11 is 0. The number of rotatable bonds is 66. The summed E-state index contributed by atoms with van der Waals surface area (Å²) in [6.45, 7) is 4.78. The van der Waals surface area contributed by atoms with Crippen molar-refractivity contribution in [2.45, 2.75) is 392 Å². The average molecular weight is 1110 g/mol. The van der Waals surface area contributed by atoms with Gasteiger partial charge in [0.15, 0.2) is 0 Å². The molecule has 0 spiro atoms. The first-order chi connectivity index (χ1) is 37.5. The Bertz CT molecular complexity index is 1220. The van der Waals surface area contributed by atoms with Gasteiger partial charge in [0.2, 0.25) is 5.91 Å². The van der Waals surface area contributed by atoms with Crippen molar-refractivity contribution in [1.82, 2.24) is 5.32 Å². The zero-order chi connectivity index (χ0) is 56.3. The predicted octanol–water partition coefficient (Wildman–Crippen LogP) is 21.3. The second-order valence-electron chi connectivity index (χ2n) is 25.6. The summed E-state index contributed by atoms with van der Waals surface area (Å²) in [5, 5.41) is 14.0. The lowest BCUT2D eigenvalue weighted by Gasteiger charge is -2.30. The molecule has 0 aliphatic heterocycles. The molecule has 9 heteroatoms. The number of quaternary nitrogens is 1. The lowest BCUT2D eigenvalue weighted by Crippen LogP contribution is -2.46. The molecule has 0 fully saturated rings. The fraction of sp³-hybridized carbons (Fsp3) is 0.985. The maximum atomic E-state index is 13.0. The molecule has 0 bridgehead atoms. The molecule has 0 saturated carbocycles. The number of hydrogen-bond acceptors (Lipinski definition) is 6. The van der Waals surface area contributed by atoms with Gasteiger partial charge in [-0.3, -0.25) is 9.36 Å². The molecule has 0 saturated heterocycles. The highest BCUT2D eigenvalue weighted by atomic mass is 31.2. The zero-order valence-corrected chi connectivity index (χ0v) is 53.9. The number of phosphoric acid groups is 1. The first-order valence-electron chi connectivity index (χ1n) is 34.9. The third-order valence-electron chi connectivity index (χ3n) is 16.6. The summed E-state index contributed by atoms with van der Waals surface area (Å²) in [6.07, 6.45) is 74.9. The molecule has 462 valence electrons. The van der Waals surface area contributed by atoms with E-state index in [0.717, 1.165) is 38.5 Å². The Labute approximate surface area is 482 Å². The number of nitrogens with one attached hydrogen (secondary N) is 1. The molecule has 0 aliphatic rings. The number of nitrogens with zero attached hydrogens (tertiary/aromatic N) is 1. The van der Waals surface area contributed by atoms with E-state index < -0.39 is 20.0 Å². The summed E-state index contributed by atoms with van der Waals surface area (Å²) in [4.78, 5) is 25.6. The van der Waals surface area contributed by atoms with Crippen LogP contribution < -0.4 is 10.2 Å². The van der Waals surface area contributed by atoms with Crippen molar-refractivity contribution in [2.75, 3.05) is 40.9 Å². The van der Waals surface area contributed by atoms with Crippen LogP contribution in [0.3, 0.4) is 0 Å². The van der Waals surface area contributed by atoms with Gasteiger partial charge in [0.1, 0.15) is 13.2 Å². The van der Waals surface area contributed by atoms with Crippen LogP contribution in [-0.4, -0.2) is 68.5 Å². The molecule has 0 aliphatic carbocycles. The van der Waals surface area contributed by atoms with E-state index in [-0.39, 0.29) is 19.1 Å². The van der Waals surface area contributed by atoms with Crippen molar-refractivity contribution in [3.63, 3.8) is 0 Å². The standard InChI is InChI=1S/C68H139N2O6P/c1-6-8-10-12-14-16-18-20-22-23-24-25-26-27-28-29-30-31-32-33-34-35-36-37-38-39-40-41-42-43-44-45-46-48-50-52-54-56-58-60-62-68(72)69-66(65-76-77(73,74)75-64-63-70(3,4)5)67(71)61-59-57-55-53-51-49-47-21-19-17-15-13-11-9-7-2/h66-67,71H,6-65H2,1-5H3,(H-,69,72,73,74). The molecular formula is C68H139N2O6P. The fourth-order valence-electron chi connectivity index (χ4n) is 11.2. The summed E-state index contributed by atoms with van der Waals surface area (Å²) in [6, 6.07) is -0.795. The van der Waals surface area contributed by atoms with Crippen LogP contribution in [0.1, 0.15) is 380 Å². The van der Waals surface area contributed by atoms with Gasteiger partial charge in [0.05, 0.1) is 39.9 Å². The van der Waals surface area contributed by atoms with Crippen molar-refractivity contribution in [2.24, 2.45) is 0 Å². The number of unbranched alkanes of at least 4 members (excludes halogenated alkanes) is 53. The topological polar surface area (TPSA) is 108 Å². The third-order valence-corrected chi connectivity index (χ3v) is 17.6. The van der Waals surface area contributed by atoms with Crippen LogP contribution >= 0.6 is 7.82 Å². The van der Waals surface area contributed by atoms with E-state index in [9.17, 15) is 19.4 Å². The molecule has 1 amide bonds. The van der Waals surface area contributed by atoms with E-state index in [2.05, 4.69) is 19.2 Å². The number of aliphatic hydroxyl groups excluding tert-OH is 1. The number of carbonyl (C=O) groups is 1. The van der Waals surface area contributed by atoms with Crippen LogP contribution in [0.5, 0.6) is 0 Å². The van der Waals surface area contributed by atoms with Crippen molar-refractivity contribution in [3.8, 4) is 0 Å². The Morgan fingerprint density at radius 2 is 0.636 bits per heavy atom. The summed E-state index contributed by atoms with van der Waals surface area (Å²) in [7, 11) is 1.33. The van der Waals surface area contributed by atoms with Crippen molar-refractivity contribution in [1.29, 1.82) is 0 Å². The zero-order valence-electron chi connectivity index (χ0n) is 53.0. The summed E-state index contributed by atoms with van der Waals surface area (Å²) in [5.41, 5.74) is 0. The number of aliphatic hydroxyl groups is 1. The van der Waals surface area contributed by atoms with E-state index in [4.69, 9.17) is 9.05 Å². The second-order valence-corrected chi connectivity index (χ2v) is 27.0. The van der Waals surface area contributed by atoms with E-state index in [1.54, 1.807) is 0 Å². The minimum absolute atomic E-state index is 0.0166. The van der Waals surface area contributed by atoms with Crippen LogP contribution in [0.15, 0.2) is 0 Å². The molecule has 0 aromatic rings. The smallest absolute Gasteiger partial charge is 0.268 e. The van der Waals surface area contributed by atoms with Gasteiger partial charge in [-0.15, -0.1) is 0 Å². The van der Waals surface area contributed by atoms with E-state index in [1.807, 2.05) is 21.1 Å². The molecule has 0 heterocycles. The summed E-state index contributed by atoms with van der Waals surface area (Å²) < 4.78 is 23.5. The maximum absolute atomic E-state index is 13.0. The number of carbonyl (C=O) groups excluding carboxylic acids is 1. The first-order valence-corrected chi connectivity index (χ1v) is 36.3. The van der Waals surface area contributed by atoms with Crippen molar-refractivity contribution in [3.05, 3.63) is 0 Å². The molecule has 0 rings (SSSR count). The van der Waals surface area contributed by atoms with E-state index in [1.165, 1.54) is 315 Å². The quantitative estimate of drug-likeness (QED) is 0.0357. The first kappa shape index (κ1) is 76.5. The van der Waals surface area contributed by atoms with Gasteiger partial charge in [-0.1, -0.05) is 361 Å². The van der Waals surface area contributed by atoms with Crippen LogP contribution in [0.2, 0.25) is 0 Å². The average Bonchev–Trinajstić information content (AvgIpc) is 3.39. The highest BCUT2D eigenvalue weighted by molar-refractivity contribution is 7.45. The minimum atomic E-state index is -4.57. The molecule has 77 heavy (non-hydrogen) atoms. The highest BCUT2D eigenvalue weighted by Crippen LogP contribution is 2.38. The Kier molecular flexibility index (Phi) is 59.7. The van der Waals surface area contributed by atoms with Crippen LogP contribution in [0.25, 0.3) is 0 Å². The molecule has 3 atom stereocenters. The maximum Gasteiger partial charge on any atom is 0.268 e. The molecule has 0 aromatic heterocycles. The third kappa shape index (κ3) is 62.9. The molecule has 0 radical (unpaired) electrons. The Hall–Kier alpha value is -0.500. The van der Waals surface area contributed by atoms with Gasteiger partial charge < -0.3 is 28.8 Å². The van der Waals surface area contributed by atoms with E-state index in [0.29, 0.717) is 23.9 Å². The second kappa shape index (κ2) is 60.1. The monoisotopic (exact) mass is 1110 g/mol. The molecule has 2 N–H and O–H groups in total. The SMILES string of the molecule is CCCCCCCCCCCCCCCCCCCCCCCCCCCCCCCCCCCCCCCCCCC(=O)NC(COP(=O)([O-])OCC[N+](C)(C)C)C(O)CCCCCCCCCCCCCCCCC. The van der Waals surface area contributed by atoms with Gasteiger partial charge in [0, 0.05) is 6.42 Å². The largest absolute Gasteiger partial charge is 0.756 e. The Morgan fingerprint density at radius 1 is 0.403 bits per heavy atom. The summed E-state index contributed by atoms with van der Waals surface area (Å²) in [5.74, 6) is -0.155. The van der Waals surface area contributed by atoms with Crippen LogP contribution in [0.4, 0.5) is 0 Å².